The number of rotatable bonds is 4. The van der Waals surface area contributed by atoms with E-state index in [2.05, 4.69) is 10.4 Å². The molecular weight excluding hydrogens is 391 g/mol. The first-order valence-electron chi connectivity index (χ1n) is 7.89. The highest BCUT2D eigenvalue weighted by molar-refractivity contribution is 6.30. The Bertz CT molecular complexity index is 1160. The van der Waals surface area contributed by atoms with Gasteiger partial charge in [-0.05, 0) is 31.2 Å². The van der Waals surface area contributed by atoms with Crippen LogP contribution in [0.4, 0.5) is 15.8 Å². The van der Waals surface area contributed by atoms with Crippen LogP contribution in [0.1, 0.15) is 16.2 Å². The zero-order valence-electron chi connectivity index (χ0n) is 14.3. The van der Waals surface area contributed by atoms with Gasteiger partial charge in [-0.3, -0.25) is 19.7 Å². The van der Waals surface area contributed by atoms with E-state index in [1.54, 1.807) is 6.07 Å². The third kappa shape index (κ3) is 3.74. The van der Waals surface area contributed by atoms with Crippen molar-refractivity contribution in [3.8, 4) is 5.69 Å². The van der Waals surface area contributed by atoms with Gasteiger partial charge in [0.25, 0.3) is 11.6 Å². The Morgan fingerprint density at radius 3 is 2.64 bits per heavy atom. The van der Waals surface area contributed by atoms with E-state index in [9.17, 15) is 24.1 Å². The molecule has 0 unspecified atom stereocenters. The quantitative estimate of drug-likeness (QED) is 0.531. The van der Waals surface area contributed by atoms with Crippen molar-refractivity contribution >= 4 is 28.9 Å². The van der Waals surface area contributed by atoms with E-state index in [-0.39, 0.29) is 27.8 Å². The van der Waals surface area contributed by atoms with Crippen LogP contribution in [0.5, 0.6) is 0 Å². The van der Waals surface area contributed by atoms with Gasteiger partial charge in [0.15, 0.2) is 5.69 Å². The number of aromatic nitrogens is 2. The van der Waals surface area contributed by atoms with E-state index in [1.165, 1.54) is 37.3 Å². The van der Waals surface area contributed by atoms with Gasteiger partial charge in [-0.15, -0.1) is 0 Å². The first kappa shape index (κ1) is 19.2. The second-order valence-electron chi connectivity index (χ2n) is 5.73. The summed E-state index contributed by atoms with van der Waals surface area (Å²) >= 11 is 5.67. The number of nitro benzene ring substituents is 1. The fourth-order valence-corrected chi connectivity index (χ4v) is 2.68. The molecule has 0 spiro atoms. The highest BCUT2D eigenvalue weighted by Crippen LogP contribution is 2.23. The Morgan fingerprint density at radius 1 is 1.25 bits per heavy atom. The third-order valence-corrected chi connectivity index (χ3v) is 4.04. The summed E-state index contributed by atoms with van der Waals surface area (Å²) in [5.41, 5.74) is -1.33. The van der Waals surface area contributed by atoms with Crippen LogP contribution in [0, 0.1) is 22.9 Å². The van der Waals surface area contributed by atoms with Crippen molar-refractivity contribution in [3.05, 3.63) is 91.1 Å². The Labute approximate surface area is 162 Å². The third-order valence-electron chi connectivity index (χ3n) is 3.81. The van der Waals surface area contributed by atoms with Crippen LogP contribution < -0.4 is 10.7 Å². The van der Waals surface area contributed by atoms with Crippen molar-refractivity contribution < 1.29 is 14.1 Å². The lowest BCUT2D eigenvalue weighted by atomic mass is 10.2. The Kier molecular flexibility index (Phi) is 5.18. The van der Waals surface area contributed by atoms with Crippen LogP contribution in [-0.2, 0) is 0 Å². The number of nitrogens with one attached hydrogen (secondary N) is 1. The molecule has 3 rings (SSSR count). The van der Waals surface area contributed by atoms with Gasteiger partial charge in [0.05, 0.1) is 10.6 Å². The average Bonchev–Trinajstić information content (AvgIpc) is 2.64. The number of para-hydroxylation sites is 2. The summed E-state index contributed by atoms with van der Waals surface area (Å²) in [4.78, 5) is 35.4. The highest BCUT2D eigenvalue weighted by Gasteiger charge is 2.20. The van der Waals surface area contributed by atoms with Gasteiger partial charge in [-0.1, -0.05) is 23.7 Å². The van der Waals surface area contributed by atoms with Gasteiger partial charge in [0.2, 0.25) is 5.43 Å². The van der Waals surface area contributed by atoms with Gasteiger partial charge in [-0.2, -0.15) is 5.10 Å². The number of benzene rings is 2. The lowest BCUT2D eigenvalue weighted by Crippen LogP contribution is -2.27. The summed E-state index contributed by atoms with van der Waals surface area (Å²) in [6.07, 6.45) is 0. The molecular formula is C18H12ClFN4O4. The summed E-state index contributed by atoms with van der Waals surface area (Å²) in [7, 11) is 0. The van der Waals surface area contributed by atoms with Crippen molar-refractivity contribution in [1.82, 2.24) is 9.78 Å². The van der Waals surface area contributed by atoms with Gasteiger partial charge >= 0.3 is 0 Å². The molecule has 0 radical (unpaired) electrons. The minimum atomic E-state index is -0.960. The summed E-state index contributed by atoms with van der Waals surface area (Å²) in [6, 6.07) is 10.5. The maximum Gasteiger partial charge on any atom is 0.294 e. The minimum absolute atomic E-state index is 0.0803. The van der Waals surface area contributed by atoms with Crippen LogP contribution >= 0.6 is 11.6 Å². The molecule has 2 aromatic carbocycles. The second kappa shape index (κ2) is 7.57. The van der Waals surface area contributed by atoms with Crippen molar-refractivity contribution in [2.24, 2.45) is 0 Å². The molecule has 0 bridgehead atoms. The number of carbonyl (C=O) groups is 1. The van der Waals surface area contributed by atoms with Gasteiger partial charge < -0.3 is 5.32 Å². The zero-order valence-corrected chi connectivity index (χ0v) is 15.1. The van der Waals surface area contributed by atoms with E-state index < -0.39 is 27.8 Å². The van der Waals surface area contributed by atoms with Crippen molar-refractivity contribution in [1.29, 1.82) is 0 Å². The summed E-state index contributed by atoms with van der Waals surface area (Å²) in [5, 5.41) is 17.6. The van der Waals surface area contributed by atoms with Gasteiger partial charge in [0.1, 0.15) is 11.5 Å². The molecule has 1 heterocycles. The maximum atomic E-state index is 13.9. The molecule has 0 aliphatic carbocycles. The number of carbonyl (C=O) groups excluding carboxylic acids is 1. The molecule has 10 heteroatoms. The number of nitro groups is 1. The highest BCUT2D eigenvalue weighted by atomic mass is 35.5. The van der Waals surface area contributed by atoms with Crippen LogP contribution in [0.2, 0.25) is 5.02 Å². The smallest absolute Gasteiger partial charge is 0.294 e. The lowest BCUT2D eigenvalue weighted by Gasteiger charge is -2.12. The number of amides is 1. The second-order valence-corrected chi connectivity index (χ2v) is 6.17. The summed E-state index contributed by atoms with van der Waals surface area (Å²) < 4.78 is 15.0. The van der Waals surface area contributed by atoms with Crippen LogP contribution in [0.25, 0.3) is 5.69 Å². The molecule has 0 saturated carbocycles. The van der Waals surface area contributed by atoms with Crippen molar-refractivity contribution in [3.63, 3.8) is 0 Å². The fourth-order valence-electron chi connectivity index (χ4n) is 2.52. The number of nitrogens with zero attached hydrogens (tertiary/aromatic N) is 3. The SMILES string of the molecule is Cc1cc(=O)c(C(=O)Nc2ccc(Cl)cc2F)nn1-c1ccccc1[N+](=O)[O-]. The van der Waals surface area contributed by atoms with Gasteiger partial charge in [-0.25, -0.2) is 9.07 Å². The molecule has 28 heavy (non-hydrogen) atoms. The zero-order chi connectivity index (χ0) is 20.4. The predicted octanol–water partition coefficient (Wildman–Crippen LogP) is 3.49. The maximum absolute atomic E-state index is 13.9. The molecule has 0 atom stereocenters. The number of aryl methyl sites for hydroxylation is 1. The molecule has 0 saturated heterocycles. The standard InChI is InChI=1S/C18H12ClFN4O4/c1-10-8-16(25)17(18(26)21-13-7-6-11(19)9-12(13)20)22-23(10)14-4-2-3-5-15(14)24(27)28/h2-9H,1H3,(H,21,26). The van der Waals surface area contributed by atoms with E-state index in [4.69, 9.17) is 11.6 Å². The molecule has 8 nitrogen and oxygen atoms in total. The normalized spacial score (nSPS) is 10.5. The molecule has 3 aromatic rings. The Hall–Kier alpha value is -3.59. The first-order valence-corrected chi connectivity index (χ1v) is 8.27. The molecule has 1 amide bonds. The molecule has 1 aromatic heterocycles. The number of anilines is 1. The lowest BCUT2D eigenvalue weighted by molar-refractivity contribution is -0.384. The summed E-state index contributed by atoms with van der Waals surface area (Å²) in [6.45, 7) is 1.52. The largest absolute Gasteiger partial charge is 0.318 e. The Balaban J connectivity index is 2.06. The molecule has 142 valence electrons. The van der Waals surface area contributed by atoms with Crippen molar-refractivity contribution in [2.45, 2.75) is 6.92 Å². The monoisotopic (exact) mass is 402 g/mol. The van der Waals surface area contributed by atoms with Crippen molar-refractivity contribution in [2.75, 3.05) is 5.32 Å². The van der Waals surface area contributed by atoms with Crippen LogP contribution in [0.15, 0.2) is 53.3 Å². The van der Waals surface area contributed by atoms with Crippen LogP contribution in [0.3, 0.4) is 0 Å². The van der Waals surface area contributed by atoms with E-state index in [0.717, 1.165) is 16.8 Å². The fraction of sp³-hybridized carbons (Fsp3) is 0.0556. The first-order chi connectivity index (χ1) is 13.3. The van der Waals surface area contributed by atoms with Gasteiger partial charge in [0, 0.05) is 22.8 Å². The summed E-state index contributed by atoms with van der Waals surface area (Å²) in [5.74, 6) is -1.74. The topological polar surface area (TPSA) is 107 Å². The number of halogens is 2. The van der Waals surface area contributed by atoms with E-state index in [0.29, 0.717) is 0 Å². The molecule has 0 aliphatic heterocycles. The number of hydrogen-bond donors (Lipinski definition) is 1. The average molecular weight is 403 g/mol. The van der Waals surface area contributed by atoms with E-state index >= 15 is 0 Å². The molecule has 1 N–H and O–H groups in total. The van der Waals surface area contributed by atoms with Crippen LogP contribution in [-0.4, -0.2) is 20.6 Å². The minimum Gasteiger partial charge on any atom is -0.318 e. The predicted molar refractivity (Wildman–Crippen MR) is 101 cm³/mol. The number of hydrogen-bond acceptors (Lipinski definition) is 5. The molecule has 0 aliphatic rings. The van der Waals surface area contributed by atoms with E-state index in [1.807, 2.05) is 0 Å². The Morgan fingerprint density at radius 2 is 1.96 bits per heavy atom. The molecule has 0 fully saturated rings.